The van der Waals surface area contributed by atoms with Gasteiger partial charge in [0, 0.05) is 5.57 Å². The lowest BCUT2D eigenvalue weighted by molar-refractivity contribution is -0.146. The van der Waals surface area contributed by atoms with Gasteiger partial charge in [-0.2, -0.15) is 0 Å². The van der Waals surface area contributed by atoms with Gasteiger partial charge in [0.1, 0.15) is 0 Å². The molecule has 0 fully saturated rings. The van der Waals surface area contributed by atoms with Gasteiger partial charge >= 0.3 is 11.9 Å². The number of carbonyl (C=O) groups excluding carboxylic acids is 1. The highest BCUT2D eigenvalue weighted by molar-refractivity contribution is 5.93. The van der Waals surface area contributed by atoms with Crippen LogP contribution >= 0.6 is 0 Å². The maximum Gasteiger partial charge on any atom is 0.331 e. The van der Waals surface area contributed by atoms with Crippen molar-refractivity contribution in [3.63, 3.8) is 0 Å². The lowest BCUT2D eigenvalue weighted by atomic mass is 9.94. The van der Waals surface area contributed by atoms with Gasteiger partial charge in [0.2, 0.25) is 0 Å². The largest absolute Gasteiger partial charge is 0.478 e. The van der Waals surface area contributed by atoms with Crippen molar-refractivity contribution < 1.29 is 19.4 Å². The first-order chi connectivity index (χ1) is 6.54. The number of hydrogen-bond donors (Lipinski definition) is 1. The van der Waals surface area contributed by atoms with Gasteiger partial charge in [0.25, 0.3) is 0 Å². The number of esters is 1. The summed E-state index contributed by atoms with van der Waals surface area (Å²) in [5, 5.41) is 8.69. The average molecular weight is 200 g/mol. The molecule has 0 aromatic heterocycles. The highest BCUT2D eigenvalue weighted by Gasteiger charge is 2.25. The Bertz CT molecular complexity index is 232. The summed E-state index contributed by atoms with van der Waals surface area (Å²) in [6.45, 7) is 5.35. The summed E-state index contributed by atoms with van der Waals surface area (Å²) < 4.78 is 4.52. The van der Waals surface area contributed by atoms with Crippen LogP contribution in [-0.2, 0) is 14.3 Å². The van der Waals surface area contributed by atoms with Crippen LogP contribution in [0.25, 0.3) is 0 Å². The molecule has 0 spiro atoms. The van der Waals surface area contributed by atoms with E-state index >= 15 is 0 Å². The molecule has 1 N–H and O–H groups in total. The first-order valence-electron chi connectivity index (χ1n) is 4.54. The van der Waals surface area contributed by atoms with E-state index in [9.17, 15) is 9.59 Å². The Hall–Kier alpha value is -1.32. The van der Waals surface area contributed by atoms with Crippen LogP contribution in [0, 0.1) is 5.92 Å². The second kappa shape index (κ2) is 6.18. The van der Waals surface area contributed by atoms with Crippen molar-refractivity contribution in [2.75, 3.05) is 7.11 Å². The normalized spacial score (nSPS) is 11.9. The number of methoxy groups -OCH3 is 1. The minimum atomic E-state index is -1.14. The molecule has 4 heteroatoms. The monoisotopic (exact) mass is 200 g/mol. The summed E-state index contributed by atoms with van der Waals surface area (Å²) in [6.07, 6.45) is 2.17. The fourth-order valence-corrected chi connectivity index (χ4v) is 1.13. The predicted octanol–water partition coefficient (Wildman–Crippen LogP) is 1.61. The van der Waals surface area contributed by atoms with Crippen LogP contribution in [0.3, 0.4) is 0 Å². The zero-order valence-electron chi connectivity index (χ0n) is 8.58. The van der Waals surface area contributed by atoms with Crippen LogP contribution in [0.2, 0.25) is 0 Å². The number of hydrogen-bond acceptors (Lipinski definition) is 3. The van der Waals surface area contributed by atoms with Crippen molar-refractivity contribution in [2.45, 2.75) is 26.2 Å². The molecule has 1 atom stereocenters. The molecule has 0 amide bonds. The minimum Gasteiger partial charge on any atom is -0.478 e. The van der Waals surface area contributed by atoms with Gasteiger partial charge in [-0.15, -0.1) is 0 Å². The number of carboxylic acid groups (broad SMARTS) is 1. The van der Waals surface area contributed by atoms with E-state index in [1.807, 2.05) is 6.92 Å². The number of unbranched alkanes of at least 4 members (excludes halogenated alkanes) is 1. The molecule has 0 saturated heterocycles. The fraction of sp³-hybridized carbons (Fsp3) is 0.600. The summed E-state index contributed by atoms with van der Waals surface area (Å²) in [7, 11) is 1.25. The van der Waals surface area contributed by atoms with Crippen molar-refractivity contribution >= 4 is 11.9 Å². The second-order valence-electron chi connectivity index (χ2n) is 3.05. The Morgan fingerprint density at radius 3 is 2.43 bits per heavy atom. The quantitative estimate of drug-likeness (QED) is 0.522. The SMILES string of the molecule is C=C(C(=O)O)C(CCCC)C(=O)OC. The Balaban J connectivity index is 4.46. The molecular formula is C10H16O4. The van der Waals surface area contributed by atoms with E-state index in [-0.39, 0.29) is 5.57 Å². The van der Waals surface area contributed by atoms with E-state index in [0.29, 0.717) is 6.42 Å². The molecule has 80 valence electrons. The number of rotatable bonds is 6. The molecule has 0 saturated carbocycles. The third kappa shape index (κ3) is 3.60. The van der Waals surface area contributed by atoms with E-state index in [1.165, 1.54) is 7.11 Å². The van der Waals surface area contributed by atoms with Crippen molar-refractivity contribution in [1.82, 2.24) is 0 Å². The van der Waals surface area contributed by atoms with Crippen molar-refractivity contribution in [3.8, 4) is 0 Å². The molecule has 0 aromatic carbocycles. The second-order valence-corrected chi connectivity index (χ2v) is 3.05. The van der Waals surface area contributed by atoms with Crippen LogP contribution in [0.15, 0.2) is 12.2 Å². The van der Waals surface area contributed by atoms with Crippen LogP contribution in [0.4, 0.5) is 0 Å². The minimum absolute atomic E-state index is 0.0923. The fourth-order valence-electron chi connectivity index (χ4n) is 1.13. The van der Waals surface area contributed by atoms with E-state index in [1.54, 1.807) is 0 Å². The van der Waals surface area contributed by atoms with Gasteiger partial charge in [-0.25, -0.2) is 4.79 Å². The molecule has 0 bridgehead atoms. The van der Waals surface area contributed by atoms with E-state index in [0.717, 1.165) is 12.8 Å². The predicted molar refractivity (Wildman–Crippen MR) is 51.8 cm³/mol. The molecular weight excluding hydrogens is 184 g/mol. The van der Waals surface area contributed by atoms with Crippen LogP contribution in [-0.4, -0.2) is 24.2 Å². The van der Waals surface area contributed by atoms with Gasteiger partial charge in [-0.3, -0.25) is 4.79 Å². The van der Waals surface area contributed by atoms with E-state index < -0.39 is 17.9 Å². The molecule has 4 nitrogen and oxygen atoms in total. The van der Waals surface area contributed by atoms with Gasteiger partial charge in [0.15, 0.2) is 0 Å². The van der Waals surface area contributed by atoms with Crippen LogP contribution in [0.5, 0.6) is 0 Å². The Labute approximate surface area is 83.6 Å². The van der Waals surface area contributed by atoms with Crippen molar-refractivity contribution in [2.24, 2.45) is 5.92 Å². The first kappa shape index (κ1) is 12.7. The number of carboxylic acids is 1. The first-order valence-corrected chi connectivity index (χ1v) is 4.54. The molecule has 0 aliphatic heterocycles. The molecule has 0 aliphatic rings. The third-order valence-electron chi connectivity index (χ3n) is 2.03. The molecule has 0 rings (SSSR count). The van der Waals surface area contributed by atoms with E-state index in [4.69, 9.17) is 5.11 Å². The lowest BCUT2D eigenvalue weighted by Crippen LogP contribution is -2.22. The number of carbonyl (C=O) groups is 2. The summed E-state index contributed by atoms with van der Waals surface area (Å²) in [6, 6.07) is 0. The van der Waals surface area contributed by atoms with Crippen molar-refractivity contribution in [3.05, 3.63) is 12.2 Å². The zero-order valence-corrected chi connectivity index (χ0v) is 8.58. The van der Waals surface area contributed by atoms with Crippen LogP contribution < -0.4 is 0 Å². The summed E-state index contributed by atoms with van der Waals surface area (Å²) in [4.78, 5) is 21.8. The molecule has 0 heterocycles. The summed E-state index contributed by atoms with van der Waals surface area (Å²) in [5.74, 6) is -2.38. The topological polar surface area (TPSA) is 63.6 Å². The number of ether oxygens (including phenoxy) is 1. The lowest BCUT2D eigenvalue weighted by Gasteiger charge is -2.13. The van der Waals surface area contributed by atoms with Gasteiger partial charge in [-0.05, 0) is 6.42 Å². The molecule has 0 aliphatic carbocycles. The average Bonchev–Trinajstić information content (AvgIpc) is 2.17. The molecule has 1 unspecified atom stereocenters. The smallest absolute Gasteiger partial charge is 0.331 e. The van der Waals surface area contributed by atoms with E-state index in [2.05, 4.69) is 11.3 Å². The number of aliphatic carboxylic acids is 1. The highest BCUT2D eigenvalue weighted by atomic mass is 16.5. The van der Waals surface area contributed by atoms with Crippen molar-refractivity contribution in [1.29, 1.82) is 0 Å². The van der Waals surface area contributed by atoms with Gasteiger partial charge in [-0.1, -0.05) is 26.3 Å². The summed E-state index contributed by atoms with van der Waals surface area (Å²) in [5.41, 5.74) is -0.0923. The maximum absolute atomic E-state index is 11.2. The Kier molecular flexibility index (Phi) is 5.60. The molecule has 0 aromatic rings. The molecule has 0 radical (unpaired) electrons. The standard InChI is InChI=1S/C10H16O4/c1-4-5-6-8(10(13)14-3)7(2)9(11)12/h8H,2,4-6H2,1,3H3,(H,11,12). The van der Waals surface area contributed by atoms with Crippen LogP contribution in [0.1, 0.15) is 26.2 Å². The van der Waals surface area contributed by atoms with Gasteiger partial charge < -0.3 is 9.84 Å². The Morgan fingerprint density at radius 2 is 2.07 bits per heavy atom. The van der Waals surface area contributed by atoms with Gasteiger partial charge in [0.05, 0.1) is 13.0 Å². The zero-order chi connectivity index (χ0) is 11.1. The Morgan fingerprint density at radius 1 is 1.50 bits per heavy atom. The third-order valence-corrected chi connectivity index (χ3v) is 2.03. The maximum atomic E-state index is 11.2. The highest BCUT2D eigenvalue weighted by Crippen LogP contribution is 2.18. The summed E-state index contributed by atoms with van der Waals surface area (Å²) >= 11 is 0. The molecule has 14 heavy (non-hydrogen) atoms.